The van der Waals surface area contributed by atoms with Gasteiger partial charge in [-0.1, -0.05) is 37.3 Å². The van der Waals surface area contributed by atoms with Crippen molar-refractivity contribution in [2.45, 2.75) is 31.8 Å². The van der Waals surface area contributed by atoms with E-state index < -0.39 is 0 Å². The molecule has 0 radical (unpaired) electrons. The highest BCUT2D eigenvalue weighted by molar-refractivity contribution is 5.15. The lowest BCUT2D eigenvalue weighted by molar-refractivity contribution is 0.558. The molecule has 1 saturated carbocycles. The second-order valence-corrected chi connectivity index (χ2v) is 4.68. The molecule has 1 fully saturated rings. The van der Waals surface area contributed by atoms with Crippen molar-refractivity contribution in [2.24, 2.45) is 11.7 Å². The van der Waals surface area contributed by atoms with Crippen molar-refractivity contribution in [1.29, 1.82) is 0 Å². The summed E-state index contributed by atoms with van der Waals surface area (Å²) in [5.74, 6) is 0.855. The number of hydrogen-bond acceptors (Lipinski definition) is 2. The van der Waals surface area contributed by atoms with Crippen LogP contribution in [0.2, 0.25) is 0 Å². The van der Waals surface area contributed by atoms with Crippen molar-refractivity contribution in [3.8, 4) is 0 Å². The molecular formula is C13H20N2. The van der Waals surface area contributed by atoms with E-state index in [1.807, 2.05) is 6.07 Å². The van der Waals surface area contributed by atoms with E-state index in [-0.39, 0.29) is 6.04 Å². The first-order valence-electron chi connectivity index (χ1n) is 5.78. The quantitative estimate of drug-likeness (QED) is 0.764. The van der Waals surface area contributed by atoms with Crippen molar-refractivity contribution >= 4 is 0 Å². The lowest BCUT2D eigenvalue weighted by atomic mass is 10.1. The molecule has 3 atom stereocenters. The van der Waals surface area contributed by atoms with Crippen LogP contribution in [-0.4, -0.2) is 18.6 Å². The van der Waals surface area contributed by atoms with Gasteiger partial charge in [0.15, 0.2) is 0 Å². The fraction of sp³-hybridized carbons (Fsp3) is 0.538. The molecule has 2 heteroatoms. The molecule has 3 N–H and O–H groups in total. The Kier molecular flexibility index (Phi) is 3.39. The second-order valence-electron chi connectivity index (χ2n) is 4.68. The van der Waals surface area contributed by atoms with Gasteiger partial charge in [-0.25, -0.2) is 0 Å². The maximum Gasteiger partial charge on any atom is 0.0206 e. The van der Waals surface area contributed by atoms with E-state index in [9.17, 15) is 0 Å². The van der Waals surface area contributed by atoms with Crippen molar-refractivity contribution in [3.05, 3.63) is 35.9 Å². The third-order valence-electron chi connectivity index (χ3n) is 3.09. The maximum atomic E-state index is 6.06. The third kappa shape index (κ3) is 3.33. The third-order valence-corrected chi connectivity index (χ3v) is 3.09. The van der Waals surface area contributed by atoms with E-state index in [4.69, 9.17) is 5.73 Å². The molecule has 1 aliphatic rings. The van der Waals surface area contributed by atoms with Crippen LogP contribution in [0.25, 0.3) is 0 Å². The van der Waals surface area contributed by atoms with E-state index >= 15 is 0 Å². The molecule has 0 amide bonds. The van der Waals surface area contributed by atoms with Gasteiger partial charge in [-0.15, -0.1) is 0 Å². The Hall–Kier alpha value is -0.860. The minimum atomic E-state index is 0.236. The van der Waals surface area contributed by atoms with Gasteiger partial charge in [0.1, 0.15) is 0 Å². The number of nitrogens with one attached hydrogen (secondary N) is 1. The van der Waals surface area contributed by atoms with Gasteiger partial charge in [-0.3, -0.25) is 0 Å². The van der Waals surface area contributed by atoms with Crippen LogP contribution in [0.4, 0.5) is 0 Å². The second kappa shape index (κ2) is 4.77. The summed E-state index contributed by atoms with van der Waals surface area (Å²) in [5.41, 5.74) is 7.39. The van der Waals surface area contributed by atoms with Gasteiger partial charge in [0.25, 0.3) is 0 Å². The first-order valence-corrected chi connectivity index (χ1v) is 5.78. The van der Waals surface area contributed by atoms with E-state index in [0.717, 1.165) is 24.9 Å². The lowest BCUT2D eigenvalue weighted by Gasteiger charge is -2.12. The molecule has 82 valence electrons. The zero-order valence-electron chi connectivity index (χ0n) is 9.32. The molecule has 2 rings (SSSR count). The SMILES string of the molecule is CC1CC1NCC(N)Cc1ccccc1. The van der Waals surface area contributed by atoms with Gasteiger partial charge < -0.3 is 11.1 Å². The monoisotopic (exact) mass is 204 g/mol. The predicted octanol–water partition coefficient (Wildman–Crippen LogP) is 1.55. The molecule has 15 heavy (non-hydrogen) atoms. The summed E-state index contributed by atoms with van der Waals surface area (Å²) in [6.07, 6.45) is 2.28. The van der Waals surface area contributed by atoms with Crippen LogP contribution in [0.1, 0.15) is 18.9 Å². The van der Waals surface area contributed by atoms with Gasteiger partial charge >= 0.3 is 0 Å². The highest BCUT2D eigenvalue weighted by Crippen LogP contribution is 2.28. The van der Waals surface area contributed by atoms with Crippen LogP contribution in [0, 0.1) is 5.92 Å². The van der Waals surface area contributed by atoms with Crippen LogP contribution < -0.4 is 11.1 Å². The molecule has 0 aliphatic heterocycles. The van der Waals surface area contributed by atoms with Crippen LogP contribution in [0.3, 0.4) is 0 Å². The average molecular weight is 204 g/mol. The Labute approximate surface area is 91.9 Å². The molecule has 0 bridgehead atoms. The topological polar surface area (TPSA) is 38.0 Å². The van der Waals surface area contributed by atoms with E-state index in [2.05, 4.69) is 36.5 Å². The number of benzene rings is 1. The molecule has 0 aromatic heterocycles. The summed E-state index contributed by atoms with van der Waals surface area (Å²) in [5, 5.41) is 3.50. The molecule has 0 spiro atoms. The van der Waals surface area contributed by atoms with Gasteiger partial charge in [0, 0.05) is 18.6 Å². The Bertz CT molecular complexity index is 297. The zero-order valence-corrected chi connectivity index (χ0v) is 9.32. The van der Waals surface area contributed by atoms with Gasteiger partial charge in [0.2, 0.25) is 0 Å². The summed E-state index contributed by atoms with van der Waals surface area (Å²) in [6.45, 7) is 3.21. The normalized spacial score (nSPS) is 26.3. The number of nitrogens with two attached hydrogens (primary N) is 1. The first-order chi connectivity index (χ1) is 7.25. The standard InChI is InChI=1S/C13H20N2/c1-10-7-13(10)15-9-12(14)8-11-5-3-2-4-6-11/h2-6,10,12-13,15H,7-9,14H2,1H3. The largest absolute Gasteiger partial charge is 0.326 e. The number of rotatable bonds is 5. The molecule has 2 nitrogen and oxygen atoms in total. The van der Waals surface area contributed by atoms with Crippen LogP contribution >= 0.6 is 0 Å². The highest BCUT2D eigenvalue weighted by atomic mass is 15.0. The van der Waals surface area contributed by atoms with Crippen LogP contribution in [-0.2, 0) is 6.42 Å². The fourth-order valence-corrected chi connectivity index (χ4v) is 1.90. The first kappa shape index (κ1) is 10.7. The van der Waals surface area contributed by atoms with Gasteiger partial charge in [0.05, 0.1) is 0 Å². The van der Waals surface area contributed by atoms with E-state index in [1.54, 1.807) is 0 Å². The molecular weight excluding hydrogens is 184 g/mol. The predicted molar refractivity (Wildman–Crippen MR) is 63.7 cm³/mol. The minimum absolute atomic E-state index is 0.236. The highest BCUT2D eigenvalue weighted by Gasteiger charge is 2.31. The lowest BCUT2D eigenvalue weighted by Crippen LogP contribution is -2.36. The Morgan fingerprint density at radius 3 is 2.67 bits per heavy atom. The zero-order chi connectivity index (χ0) is 10.7. The number of hydrogen-bond donors (Lipinski definition) is 2. The summed E-state index contributed by atoms with van der Waals surface area (Å²) < 4.78 is 0. The van der Waals surface area contributed by atoms with Crippen molar-refractivity contribution in [1.82, 2.24) is 5.32 Å². The Morgan fingerprint density at radius 1 is 1.40 bits per heavy atom. The minimum Gasteiger partial charge on any atom is -0.326 e. The molecule has 1 aromatic carbocycles. The molecule has 1 aliphatic carbocycles. The molecule has 1 aromatic rings. The summed E-state index contributed by atoms with van der Waals surface area (Å²) in [6, 6.07) is 11.4. The van der Waals surface area contributed by atoms with Crippen LogP contribution in [0.5, 0.6) is 0 Å². The Morgan fingerprint density at radius 2 is 2.07 bits per heavy atom. The average Bonchev–Trinajstić information content (AvgIpc) is 2.93. The van der Waals surface area contributed by atoms with Crippen LogP contribution in [0.15, 0.2) is 30.3 Å². The maximum absolute atomic E-state index is 6.06. The molecule has 3 unspecified atom stereocenters. The van der Waals surface area contributed by atoms with E-state index in [0.29, 0.717) is 0 Å². The summed E-state index contributed by atoms with van der Waals surface area (Å²) >= 11 is 0. The Balaban J connectivity index is 1.70. The van der Waals surface area contributed by atoms with Gasteiger partial charge in [-0.2, -0.15) is 0 Å². The fourth-order valence-electron chi connectivity index (χ4n) is 1.90. The van der Waals surface area contributed by atoms with Crippen molar-refractivity contribution < 1.29 is 0 Å². The summed E-state index contributed by atoms with van der Waals surface area (Å²) in [7, 11) is 0. The smallest absolute Gasteiger partial charge is 0.0206 e. The molecule has 0 saturated heterocycles. The van der Waals surface area contributed by atoms with Crippen molar-refractivity contribution in [3.63, 3.8) is 0 Å². The summed E-state index contributed by atoms with van der Waals surface area (Å²) in [4.78, 5) is 0. The van der Waals surface area contributed by atoms with Gasteiger partial charge in [-0.05, 0) is 24.3 Å². The molecule has 0 heterocycles. The van der Waals surface area contributed by atoms with E-state index in [1.165, 1.54) is 12.0 Å². The van der Waals surface area contributed by atoms with Crippen molar-refractivity contribution in [2.75, 3.05) is 6.54 Å².